The summed E-state index contributed by atoms with van der Waals surface area (Å²) < 4.78 is 6.06. The van der Waals surface area contributed by atoms with E-state index in [2.05, 4.69) is 38.3 Å². The quantitative estimate of drug-likeness (QED) is 0.249. The molecule has 0 amide bonds. The van der Waals surface area contributed by atoms with E-state index in [0.29, 0.717) is 0 Å². The molecule has 0 saturated carbocycles. The zero-order valence-corrected chi connectivity index (χ0v) is 18.6. The average Bonchev–Trinajstić information content (AvgIpc) is 3.01. The number of hydrogen-bond acceptors (Lipinski definition) is 1. The summed E-state index contributed by atoms with van der Waals surface area (Å²) >= 11 is -2.04. The van der Waals surface area contributed by atoms with Gasteiger partial charge in [0.15, 0.2) is 0 Å². The Morgan fingerprint density at radius 3 is 2.00 bits per heavy atom. The predicted octanol–water partition coefficient (Wildman–Crippen LogP) is 6.42. The van der Waals surface area contributed by atoms with Crippen LogP contribution in [0.3, 0.4) is 0 Å². The molecule has 0 aromatic carbocycles. The molecule has 0 spiro atoms. The van der Waals surface area contributed by atoms with E-state index >= 15 is 0 Å². The van der Waals surface area contributed by atoms with Crippen molar-refractivity contribution >= 4 is 18.4 Å². The van der Waals surface area contributed by atoms with Gasteiger partial charge in [0.25, 0.3) is 0 Å². The van der Waals surface area contributed by atoms with Crippen LogP contribution < -0.4 is 0 Å². The van der Waals surface area contributed by atoms with Crippen molar-refractivity contribution in [2.24, 2.45) is 0 Å². The maximum absolute atomic E-state index is 3.95. The Hall–Kier alpha value is 0.499. The van der Waals surface area contributed by atoms with Crippen LogP contribution in [0.2, 0.25) is 13.3 Å². The molecule has 0 aromatic rings. The third-order valence-electron chi connectivity index (χ3n) is 5.78. The Kier molecular flexibility index (Phi) is 11.2. The van der Waals surface area contributed by atoms with Gasteiger partial charge in [-0.2, -0.15) is 0 Å². The van der Waals surface area contributed by atoms with E-state index in [0.717, 1.165) is 4.06 Å². The van der Waals surface area contributed by atoms with Crippen molar-refractivity contribution in [2.75, 3.05) is 13.1 Å². The molecule has 1 heterocycles. The first-order chi connectivity index (χ1) is 10.7. The first-order valence-electron chi connectivity index (χ1n) is 10.1. The van der Waals surface area contributed by atoms with Gasteiger partial charge in [-0.25, -0.2) is 0 Å². The van der Waals surface area contributed by atoms with Gasteiger partial charge in [-0.1, -0.05) is 0 Å². The summed E-state index contributed by atoms with van der Waals surface area (Å²) in [5.41, 5.74) is 0. The minimum absolute atomic E-state index is 1.05. The molecule has 1 aliphatic rings. The normalized spacial score (nSPS) is 19.7. The first kappa shape index (κ1) is 20.5. The van der Waals surface area contributed by atoms with Crippen LogP contribution in [-0.2, 0) is 0 Å². The fraction of sp³-hybridized carbons (Fsp3) is 0.900. The van der Waals surface area contributed by atoms with Crippen LogP contribution in [0.5, 0.6) is 0 Å². The van der Waals surface area contributed by atoms with Crippen LogP contribution in [0.1, 0.15) is 78.6 Å². The van der Waals surface area contributed by atoms with E-state index in [9.17, 15) is 0 Å². The second-order valence-electron chi connectivity index (χ2n) is 7.44. The second kappa shape index (κ2) is 11.9. The third kappa shape index (κ3) is 6.18. The fourth-order valence-corrected chi connectivity index (χ4v) is 23.8. The Bertz CT molecular complexity index is 268. The Balaban J connectivity index is 2.88. The summed E-state index contributed by atoms with van der Waals surface area (Å²) in [6, 6.07) is 0. The van der Waals surface area contributed by atoms with Crippen molar-refractivity contribution in [3.8, 4) is 0 Å². The molecule has 1 nitrogen and oxygen atoms in total. The summed E-state index contributed by atoms with van der Waals surface area (Å²) in [4.78, 5) is 2.92. The van der Waals surface area contributed by atoms with Crippen molar-refractivity contribution < 1.29 is 0 Å². The molecule has 0 radical (unpaired) electrons. The molecule has 1 atom stereocenters. The van der Waals surface area contributed by atoms with E-state index in [1.165, 1.54) is 70.9 Å². The van der Waals surface area contributed by atoms with Crippen molar-refractivity contribution in [3.63, 3.8) is 0 Å². The minimum atomic E-state index is -2.04. The maximum atomic E-state index is 3.95. The van der Waals surface area contributed by atoms with Crippen molar-refractivity contribution in [2.45, 2.75) is 95.9 Å². The summed E-state index contributed by atoms with van der Waals surface area (Å²) in [6.07, 6.45) is 15.0. The standard InChI is InChI=1S/C8H14N.3C4H9.Sn/c1-2-3-6-9-7-4-5-8-9;3*1-3-4-2;/h2,7H,1,3-6,8H2;3*1,3-4H2,2H3;. The molecule has 0 N–H and O–H groups in total. The molecule has 22 heavy (non-hydrogen) atoms. The monoisotopic (exact) mass is 415 g/mol. The number of nitrogens with zero attached hydrogens (tertiary/aromatic N) is 1. The third-order valence-corrected chi connectivity index (χ3v) is 23.2. The molecule has 0 bridgehead atoms. The van der Waals surface area contributed by atoms with Gasteiger partial charge in [-0.05, 0) is 0 Å². The van der Waals surface area contributed by atoms with Gasteiger partial charge in [0.1, 0.15) is 0 Å². The topological polar surface area (TPSA) is 3.24 Å². The summed E-state index contributed by atoms with van der Waals surface area (Å²) in [6.45, 7) is 13.8. The van der Waals surface area contributed by atoms with Gasteiger partial charge in [-0.15, -0.1) is 0 Å². The summed E-state index contributed by atoms with van der Waals surface area (Å²) in [5.74, 6) is 0. The van der Waals surface area contributed by atoms with E-state index in [1.807, 2.05) is 0 Å². The van der Waals surface area contributed by atoms with E-state index < -0.39 is 18.4 Å². The van der Waals surface area contributed by atoms with Gasteiger partial charge in [-0.3, -0.25) is 0 Å². The fourth-order valence-electron chi connectivity index (χ4n) is 4.51. The zero-order valence-electron chi connectivity index (χ0n) is 15.7. The molecule has 1 aliphatic heterocycles. The summed E-state index contributed by atoms with van der Waals surface area (Å²) in [7, 11) is 0. The molecule has 1 rings (SSSR count). The molecule has 1 saturated heterocycles. The van der Waals surface area contributed by atoms with Gasteiger partial charge in [0, 0.05) is 0 Å². The Morgan fingerprint density at radius 2 is 1.55 bits per heavy atom. The average molecular weight is 414 g/mol. The van der Waals surface area contributed by atoms with Crippen molar-refractivity contribution in [1.82, 2.24) is 4.90 Å². The van der Waals surface area contributed by atoms with Crippen molar-refractivity contribution in [1.29, 1.82) is 0 Å². The molecule has 0 aliphatic carbocycles. The molecule has 2 heteroatoms. The number of hydrogen-bond donors (Lipinski definition) is 0. The number of likely N-dealkylation sites (tertiary alicyclic amines) is 1. The SMILES string of the molecule is C=CCCN1CCC[C@H]1[Sn]([CH2]CCC)([CH2]CCC)[CH2]CCC. The van der Waals surface area contributed by atoms with Gasteiger partial charge in [0.2, 0.25) is 0 Å². The first-order valence-corrected chi connectivity index (χ1v) is 17.8. The Morgan fingerprint density at radius 1 is 1.00 bits per heavy atom. The van der Waals surface area contributed by atoms with Crippen LogP contribution in [0, 0.1) is 0 Å². The second-order valence-corrected chi connectivity index (χ2v) is 21.4. The van der Waals surface area contributed by atoms with E-state index in [1.54, 1.807) is 13.3 Å². The molecule has 130 valence electrons. The molecule has 0 aromatic heterocycles. The molecule has 0 unspecified atom stereocenters. The predicted molar refractivity (Wildman–Crippen MR) is 104 cm³/mol. The van der Waals surface area contributed by atoms with Gasteiger partial charge < -0.3 is 0 Å². The Labute approximate surface area is 144 Å². The van der Waals surface area contributed by atoms with Crippen LogP contribution in [-0.4, -0.2) is 40.4 Å². The van der Waals surface area contributed by atoms with Crippen LogP contribution in [0.4, 0.5) is 0 Å². The zero-order chi connectivity index (χ0) is 16.3. The van der Waals surface area contributed by atoms with E-state index in [4.69, 9.17) is 0 Å². The van der Waals surface area contributed by atoms with Gasteiger partial charge >= 0.3 is 145 Å². The molecular formula is C20H41NSn. The molecule has 1 fully saturated rings. The van der Waals surface area contributed by atoms with Crippen LogP contribution in [0.15, 0.2) is 12.7 Å². The van der Waals surface area contributed by atoms with Crippen LogP contribution in [0.25, 0.3) is 0 Å². The summed E-state index contributed by atoms with van der Waals surface area (Å²) in [5, 5.41) is 0. The van der Waals surface area contributed by atoms with Crippen LogP contribution >= 0.6 is 0 Å². The van der Waals surface area contributed by atoms with E-state index in [-0.39, 0.29) is 0 Å². The number of rotatable bonds is 13. The van der Waals surface area contributed by atoms with Crippen molar-refractivity contribution in [3.05, 3.63) is 12.7 Å². The van der Waals surface area contributed by atoms with Gasteiger partial charge in [0.05, 0.1) is 0 Å². The molecular weight excluding hydrogens is 373 g/mol. The number of unbranched alkanes of at least 4 members (excludes halogenated alkanes) is 3.